The molecule has 7 nitrogen and oxygen atoms in total. The van der Waals surface area contributed by atoms with Gasteiger partial charge in [0.15, 0.2) is 11.5 Å². The minimum absolute atomic E-state index is 0.0665. The Morgan fingerprint density at radius 1 is 0.861 bits per heavy atom. The summed E-state index contributed by atoms with van der Waals surface area (Å²) in [6.07, 6.45) is 11.8. The SMILES string of the molecule is COc1cc([C@](C(=O)OC(=O)C2CCCCN2)(C2CCCCC2)C2(C)CCCC2)cc(OC)c1OC. The fourth-order valence-electron chi connectivity index (χ4n) is 7.30. The smallest absolute Gasteiger partial charge is 0.330 e. The number of carbonyl (C=O) groups is 2. The van der Waals surface area contributed by atoms with Crippen LogP contribution in [0.3, 0.4) is 0 Å². The topological polar surface area (TPSA) is 83.1 Å². The Morgan fingerprint density at radius 3 is 2.00 bits per heavy atom. The van der Waals surface area contributed by atoms with Crippen LogP contribution >= 0.6 is 0 Å². The molecule has 4 rings (SSSR count). The fourth-order valence-corrected chi connectivity index (χ4v) is 7.30. The Balaban J connectivity index is 1.88. The standard InChI is InChI=1S/C29H43NO6/c1-28(15-9-10-16-28)29(20-12-6-5-7-13-20,27(32)36-26(31)22-14-8-11-17-30-22)21-18-23(33-2)25(35-4)24(19-21)34-3/h18-20,22,30H,5-17H2,1-4H3/t22?,29-/m0/s1. The van der Waals surface area contributed by atoms with E-state index in [0.29, 0.717) is 23.7 Å². The fraction of sp³-hybridized carbons (Fsp3) is 0.724. The molecule has 36 heavy (non-hydrogen) atoms. The van der Waals surface area contributed by atoms with Crippen LogP contribution < -0.4 is 19.5 Å². The second-order valence-electron chi connectivity index (χ2n) is 11.0. The van der Waals surface area contributed by atoms with Crippen molar-refractivity contribution in [2.45, 2.75) is 95.4 Å². The average molecular weight is 502 g/mol. The number of methoxy groups -OCH3 is 3. The third kappa shape index (κ3) is 4.71. The molecule has 0 amide bonds. The van der Waals surface area contributed by atoms with Gasteiger partial charge in [-0.15, -0.1) is 0 Å². The molecule has 3 aliphatic rings. The van der Waals surface area contributed by atoms with Gasteiger partial charge in [0.25, 0.3) is 0 Å². The molecule has 0 bridgehead atoms. The van der Waals surface area contributed by atoms with E-state index in [1.54, 1.807) is 21.3 Å². The van der Waals surface area contributed by atoms with Gasteiger partial charge < -0.3 is 24.3 Å². The van der Waals surface area contributed by atoms with Gasteiger partial charge in [0.05, 0.1) is 21.3 Å². The van der Waals surface area contributed by atoms with Crippen molar-refractivity contribution in [3.8, 4) is 17.2 Å². The van der Waals surface area contributed by atoms with Crippen molar-refractivity contribution in [1.82, 2.24) is 5.32 Å². The number of hydrogen-bond acceptors (Lipinski definition) is 7. The van der Waals surface area contributed by atoms with Crippen molar-refractivity contribution >= 4 is 11.9 Å². The van der Waals surface area contributed by atoms with Crippen LogP contribution in [-0.4, -0.2) is 45.9 Å². The van der Waals surface area contributed by atoms with E-state index in [9.17, 15) is 9.59 Å². The van der Waals surface area contributed by atoms with Crippen LogP contribution in [0.1, 0.15) is 89.5 Å². The molecule has 1 aromatic rings. The summed E-state index contributed by atoms with van der Waals surface area (Å²) in [5.74, 6) is 0.730. The Morgan fingerprint density at radius 2 is 1.47 bits per heavy atom. The maximum absolute atomic E-state index is 14.6. The first-order valence-corrected chi connectivity index (χ1v) is 13.7. The Labute approximate surface area is 215 Å². The molecule has 2 saturated carbocycles. The quantitative estimate of drug-likeness (QED) is 0.381. The van der Waals surface area contributed by atoms with E-state index < -0.39 is 23.4 Å². The van der Waals surface area contributed by atoms with E-state index in [4.69, 9.17) is 18.9 Å². The van der Waals surface area contributed by atoms with E-state index in [1.807, 2.05) is 12.1 Å². The summed E-state index contributed by atoms with van der Waals surface area (Å²) in [6, 6.07) is 3.41. The van der Waals surface area contributed by atoms with Gasteiger partial charge in [-0.2, -0.15) is 0 Å². The van der Waals surface area contributed by atoms with Crippen molar-refractivity contribution in [2.24, 2.45) is 11.3 Å². The van der Waals surface area contributed by atoms with E-state index in [2.05, 4.69) is 12.2 Å². The monoisotopic (exact) mass is 501 g/mol. The van der Waals surface area contributed by atoms with Crippen molar-refractivity contribution in [3.05, 3.63) is 17.7 Å². The van der Waals surface area contributed by atoms with Gasteiger partial charge in [-0.3, -0.25) is 4.79 Å². The lowest BCUT2D eigenvalue weighted by atomic mass is 9.51. The molecule has 1 aromatic carbocycles. The van der Waals surface area contributed by atoms with Crippen LogP contribution in [0.4, 0.5) is 0 Å². The van der Waals surface area contributed by atoms with Crippen molar-refractivity contribution < 1.29 is 28.5 Å². The number of benzene rings is 1. The number of piperidine rings is 1. The number of hydrogen-bond donors (Lipinski definition) is 1. The molecule has 2 aliphatic carbocycles. The summed E-state index contributed by atoms with van der Waals surface area (Å²) in [6.45, 7) is 2.99. The molecule has 1 unspecified atom stereocenters. The van der Waals surface area contributed by atoms with E-state index in [1.165, 1.54) is 6.42 Å². The normalized spacial score (nSPS) is 23.9. The number of rotatable bonds is 8. The number of carbonyl (C=O) groups excluding carboxylic acids is 2. The molecule has 1 N–H and O–H groups in total. The molecule has 0 aromatic heterocycles. The molecule has 1 saturated heterocycles. The highest BCUT2D eigenvalue weighted by Gasteiger charge is 2.61. The lowest BCUT2D eigenvalue weighted by Crippen LogP contribution is -2.57. The first-order valence-electron chi connectivity index (χ1n) is 13.7. The summed E-state index contributed by atoms with van der Waals surface area (Å²) >= 11 is 0. The zero-order chi connectivity index (χ0) is 25.8. The predicted octanol–water partition coefficient (Wildman–Crippen LogP) is 5.32. The Hall–Kier alpha value is -2.28. The molecule has 7 heteroatoms. The second-order valence-corrected chi connectivity index (χ2v) is 11.0. The van der Waals surface area contributed by atoms with Crippen LogP contribution in [0.15, 0.2) is 12.1 Å². The highest BCUT2D eigenvalue weighted by molar-refractivity contribution is 5.95. The van der Waals surface area contributed by atoms with Gasteiger partial charge >= 0.3 is 11.9 Å². The van der Waals surface area contributed by atoms with Crippen LogP contribution in [0, 0.1) is 11.3 Å². The Kier molecular flexibility index (Phi) is 8.48. The van der Waals surface area contributed by atoms with Crippen LogP contribution in [0.2, 0.25) is 0 Å². The third-order valence-electron chi connectivity index (χ3n) is 9.11. The minimum Gasteiger partial charge on any atom is -0.493 e. The van der Waals surface area contributed by atoms with Gasteiger partial charge in [-0.25, -0.2) is 4.79 Å². The van der Waals surface area contributed by atoms with Crippen molar-refractivity contribution in [3.63, 3.8) is 0 Å². The molecule has 1 heterocycles. The van der Waals surface area contributed by atoms with Gasteiger partial charge in [0.2, 0.25) is 5.75 Å². The summed E-state index contributed by atoms with van der Waals surface area (Å²) in [4.78, 5) is 27.8. The zero-order valence-electron chi connectivity index (χ0n) is 22.5. The molecular weight excluding hydrogens is 458 g/mol. The third-order valence-corrected chi connectivity index (χ3v) is 9.11. The minimum atomic E-state index is -0.985. The first kappa shape index (κ1) is 26.8. The second kappa shape index (κ2) is 11.4. The molecule has 200 valence electrons. The summed E-state index contributed by atoms with van der Waals surface area (Å²) in [7, 11) is 4.77. The van der Waals surface area contributed by atoms with E-state index in [0.717, 1.165) is 76.3 Å². The molecule has 2 atom stereocenters. The van der Waals surface area contributed by atoms with Crippen LogP contribution in [0.5, 0.6) is 17.2 Å². The van der Waals surface area contributed by atoms with Gasteiger partial charge in [-0.05, 0) is 74.1 Å². The van der Waals surface area contributed by atoms with Gasteiger partial charge in [0.1, 0.15) is 11.5 Å². The first-order chi connectivity index (χ1) is 17.4. The molecule has 3 fully saturated rings. The lowest BCUT2D eigenvalue weighted by molar-refractivity contribution is -0.173. The molecule has 1 aliphatic heterocycles. The van der Waals surface area contributed by atoms with Crippen molar-refractivity contribution in [2.75, 3.05) is 27.9 Å². The molecule has 0 radical (unpaired) electrons. The predicted molar refractivity (Wildman–Crippen MR) is 138 cm³/mol. The molecular formula is C29H43NO6. The number of ether oxygens (including phenoxy) is 4. The average Bonchev–Trinajstić information content (AvgIpc) is 3.36. The maximum Gasteiger partial charge on any atom is 0.330 e. The summed E-state index contributed by atoms with van der Waals surface area (Å²) in [5, 5.41) is 3.24. The van der Waals surface area contributed by atoms with E-state index in [-0.39, 0.29) is 11.3 Å². The van der Waals surface area contributed by atoms with Gasteiger partial charge in [-0.1, -0.05) is 45.4 Å². The Bertz CT molecular complexity index is 903. The number of nitrogens with one attached hydrogen (secondary N) is 1. The molecule has 0 spiro atoms. The van der Waals surface area contributed by atoms with Crippen molar-refractivity contribution in [1.29, 1.82) is 0 Å². The highest BCUT2D eigenvalue weighted by atomic mass is 16.6. The maximum atomic E-state index is 14.6. The largest absolute Gasteiger partial charge is 0.493 e. The number of esters is 2. The van der Waals surface area contributed by atoms with Crippen LogP contribution in [0.25, 0.3) is 0 Å². The van der Waals surface area contributed by atoms with Crippen LogP contribution in [-0.2, 0) is 19.7 Å². The summed E-state index contributed by atoms with van der Waals surface area (Å²) < 4.78 is 22.9. The summed E-state index contributed by atoms with van der Waals surface area (Å²) in [5.41, 5.74) is -0.527. The lowest BCUT2D eigenvalue weighted by Gasteiger charge is -2.51. The highest BCUT2D eigenvalue weighted by Crippen LogP contribution is 2.61. The zero-order valence-corrected chi connectivity index (χ0v) is 22.5. The van der Waals surface area contributed by atoms with E-state index >= 15 is 0 Å². The van der Waals surface area contributed by atoms with Gasteiger partial charge in [0, 0.05) is 0 Å².